The van der Waals surface area contributed by atoms with E-state index in [0.717, 1.165) is 11.8 Å². The second-order valence-corrected chi connectivity index (χ2v) is 3.16. The molecule has 1 unspecified atom stereocenters. The van der Waals surface area contributed by atoms with Crippen LogP contribution in [0.15, 0.2) is 18.3 Å². The molecule has 0 aromatic carbocycles. The molecule has 1 rings (SSSR count). The SMILES string of the molecule is COc1cc(C(Br)C=O)ccn1. The molecular formula is C8H8BrNO2. The second kappa shape index (κ2) is 4.21. The van der Waals surface area contributed by atoms with Crippen molar-refractivity contribution in [2.24, 2.45) is 0 Å². The van der Waals surface area contributed by atoms with Crippen molar-refractivity contribution in [2.75, 3.05) is 7.11 Å². The summed E-state index contributed by atoms with van der Waals surface area (Å²) < 4.78 is 4.90. The third kappa shape index (κ3) is 2.04. The van der Waals surface area contributed by atoms with E-state index in [4.69, 9.17) is 4.74 Å². The van der Waals surface area contributed by atoms with E-state index in [-0.39, 0.29) is 4.83 Å². The van der Waals surface area contributed by atoms with Crippen molar-refractivity contribution >= 4 is 22.2 Å². The molecule has 64 valence electrons. The second-order valence-electron chi connectivity index (χ2n) is 2.17. The van der Waals surface area contributed by atoms with E-state index >= 15 is 0 Å². The number of aldehydes is 1. The number of ether oxygens (including phenoxy) is 1. The lowest BCUT2D eigenvalue weighted by Gasteiger charge is -2.03. The van der Waals surface area contributed by atoms with Crippen molar-refractivity contribution in [3.8, 4) is 5.88 Å². The first-order chi connectivity index (χ1) is 5.77. The van der Waals surface area contributed by atoms with Gasteiger partial charge in [0, 0.05) is 12.3 Å². The van der Waals surface area contributed by atoms with E-state index in [1.807, 2.05) is 0 Å². The standard InChI is InChI=1S/C8H8BrNO2/c1-12-8-4-6(2-3-10-8)7(9)5-11/h2-5,7H,1H3. The quantitative estimate of drug-likeness (QED) is 0.586. The molecule has 0 fully saturated rings. The lowest BCUT2D eigenvalue weighted by molar-refractivity contribution is -0.107. The van der Waals surface area contributed by atoms with E-state index in [0.29, 0.717) is 5.88 Å². The molecule has 0 N–H and O–H groups in total. The van der Waals surface area contributed by atoms with Crippen LogP contribution in [0.3, 0.4) is 0 Å². The zero-order chi connectivity index (χ0) is 8.97. The van der Waals surface area contributed by atoms with Gasteiger partial charge in [0.15, 0.2) is 0 Å². The zero-order valence-electron chi connectivity index (χ0n) is 6.53. The van der Waals surface area contributed by atoms with E-state index in [1.165, 1.54) is 7.11 Å². The molecule has 1 aromatic heterocycles. The minimum absolute atomic E-state index is 0.283. The number of carbonyl (C=O) groups is 1. The first-order valence-electron chi connectivity index (χ1n) is 3.37. The number of pyridine rings is 1. The molecule has 4 heteroatoms. The van der Waals surface area contributed by atoms with Crippen molar-refractivity contribution in [3.05, 3.63) is 23.9 Å². The van der Waals surface area contributed by atoms with Gasteiger partial charge in [0.2, 0.25) is 5.88 Å². The van der Waals surface area contributed by atoms with Crippen molar-refractivity contribution in [3.63, 3.8) is 0 Å². The Morgan fingerprint density at radius 3 is 3.08 bits per heavy atom. The lowest BCUT2D eigenvalue weighted by Crippen LogP contribution is -1.93. The summed E-state index contributed by atoms with van der Waals surface area (Å²) >= 11 is 3.20. The van der Waals surface area contributed by atoms with Crippen molar-refractivity contribution in [1.29, 1.82) is 0 Å². The Hall–Kier alpha value is -0.900. The number of hydrogen-bond donors (Lipinski definition) is 0. The maximum atomic E-state index is 10.4. The third-order valence-corrected chi connectivity index (χ3v) is 2.15. The van der Waals surface area contributed by atoms with Crippen LogP contribution in [0.2, 0.25) is 0 Å². The first kappa shape index (κ1) is 9.19. The van der Waals surface area contributed by atoms with Gasteiger partial charge in [-0.1, -0.05) is 15.9 Å². The highest BCUT2D eigenvalue weighted by Crippen LogP contribution is 2.21. The van der Waals surface area contributed by atoms with Crippen LogP contribution >= 0.6 is 15.9 Å². The Morgan fingerprint density at radius 2 is 2.50 bits per heavy atom. The van der Waals surface area contributed by atoms with Gasteiger partial charge < -0.3 is 9.53 Å². The zero-order valence-corrected chi connectivity index (χ0v) is 8.11. The number of nitrogens with zero attached hydrogens (tertiary/aromatic N) is 1. The molecule has 12 heavy (non-hydrogen) atoms. The highest BCUT2D eigenvalue weighted by atomic mass is 79.9. The smallest absolute Gasteiger partial charge is 0.213 e. The van der Waals surface area contributed by atoms with Crippen LogP contribution in [0.5, 0.6) is 5.88 Å². The summed E-state index contributed by atoms with van der Waals surface area (Å²) in [4.78, 5) is 14.0. The topological polar surface area (TPSA) is 39.2 Å². The van der Waals surface area contributed by atoms with E-state index in [9.17, 15) is 4.79 Å². The summed E-state index contributed by atoms with van der Waals surface area (Å²) in [5.41, 5.74) is 0.844. The highest BCUT2D eigenvalue weighted by molar-refractivity contribution is 9.09. The minimum Gasteiger partial charge on any atom is -0.481 e. The van der Waals surface area contributed by atoms with Gasteiger partial charge in [0.25, 0.3) is 0 Å². The third-order valence-electron chi connectivity index (χ3n) is 1.41. The van der Waals surface area contributed by atoms with Gasteiger partial charge in [-0.05, 0) is 11.6 Å². The van der Waals surface area contributed by atoms with Gasteiger partial charge in [-0.2, -0.15) is 0 Å². The van der Waals surface area contributed by atoms with Crippen molar-refractivity contribution < 1.29 is 9.53 Å². The summed E-state index contributed by atoms with van der Waals surface area (Å²) in [6.45, 7) is 0. The van der Waals surface area contributed by atoms with Gasteiger partial charge >= 0.3 is 0 Å². The number of methoxy groups -OCH3 is 1. The predicted octanol–water partition coefficient (Wildman–Crippen LogP) is 1.73. The summed E-state index contributed by atoms with van der Waals surface area (Å²) in [6, 6.07) is 3.48. The van der Waals surface area contributed by atoms with Gasteiger partial charge in [-0.25, -0.2) is 4.98 Å². The van der Waals surface area contributed by atoms with Gasteiger partial charge in [-0.15, -0.1) is 0 Å². The van der Waals surface area contributed by atoms with E-state index in [1.54, 1.807) is 18.3 Å². The Bertz CT molecular complexity index is 278. The molecule has 0 saturated carbocycles. The number of halogens is 1. The molecule has 0 bridgehead atoms. The number of carbonyl (C=O) groups excluding carboxylic acids is 1. The van der Waals surface area contributed by atoms with E-state index in [2.05, 4.69) is 20.9 Å². The van der Waals surface area contributed by atoms with Crippen molar-refractivity contribution in [1.82, 2.24) is 4.98 Å². The Morgan fingerprint density at radius 1 is 1.75 bits per heavy atom. The van der Waals surface area contributed by atoms with E-state index < -0.39 is 0 Å². The fraction of sp³-hybridized carbons (Fsp3) is 0.250. The molecule has 0 aliphatic carbocycles. The van der Waals surface area contributed by atoms with Crippen LogP contribution in [0.4, 0.5) is 0 Å². The Labute approximate surface area is 78.9 Å². The van der Waals surface area contributed by atoms with Gasteiger partial charge in [0.05, 0.1) is 11.9 Å². The monoisotopic (exact) mass is 229 g/mol. The number of aromatic nitrogens is 1. The Kier molecular flexibility index (Phi) is 3.22. The average molecular weight is 230 g/mol. The molecule has 1 heterocycles. The first-order valence-corrected chi connectivity index (χ1v) is 4.29. The maximum absolute atomic E-state index is 10.4. The lowest BCUT2D eigenvalue weighted by atomic mass is 10.2. The molecule has 0 aliphatic rings. The summed E-state index contributed by atoms with van der Waals surface area (Å²) in [7, 11) is 1.54. The van der Waals surface area contributed by atoms with Gasteiger partial charge in [0.1, 0.15) is 6.29 Å². The summed E-state index contributed by atoms with van der Waals surface area (Å²) in [5, 5.41) is 0. The molecule has 0 aliphatic heterocycles. The molecule has 0 amide bonds. The predicted molar refractivity (Wildman–Crippen MR) is 48.5 cm³/mol. The van der Waals surface area contributed by atoms with Crippen LogP contribution in [0.1, 0.15) is 10.4 Å². The number of alkyl halides is 1. The highest BCUT2D eigenvalue weighted by Gasteiger charge is 2.06. The number of rotatable bonds is 3. The molecule has 3 nitrogen and oxygen atoms in total. The molecule has 0 spiro atoms. The fourth-order valence-electron chi connectivity index (χ4n) is 0.786. The van der Waals surface area contributed by atoms with Crippen molar-refractivity contribution in [2.45, 2.75) is 4.83 Å². The normalized spacial score (nSPS) is 12.2. The average Bonchev–Trinajstić information content (AvgIpc) is 2.17. The minimum atomic E-state index is -0.283. The number of hydrogen-bond acceptors (Lipinski definition) is 3. The van der Waals surface area contributed by atoms with Crippen LogP contribution in [-0.2, 0) is 4.79 Å². The summed E-state index contributed by atoms with van der Waals surface area (Å²) in [5.74, 6) is 0.513. The molecule has 0 saturated heterocycles. The fourth-order valence-corrected chi connectivity index (χ4v) is 1.07. The maximum Gasteiger partial charge on any atom is 0.213 e. The van der Waals surface area contributed by atoms with Gasteiger partial charge in [-0.3, -0.25) is 0 Å². The Balaban J connectivity index is 2.93. The summed E-state index contributed by atoms with van der Waals surface area (Å²) in [6.07, 6.45) is 2.42. The van der Waals surface area contributed by atoms with Crippen LogP contribution in [0, 0.1) is 0 Å². The largest absolute Gasteiger partial charge is 0.481 e. The van der Waals surface area contributed by atoms with Crippen LogP contribution in [0.25, 0.3) is 0 Å². The molecule has 1 atom stereocenters. The molecule has 0 radical (unpaired) electrons. The van der Waals surface area contributed by atoms with Crippen LogP contribution in [-0.4, -0.2) is 18.4 Å². The van der Waals surface area contributed by atoms with Crippen LogP contribution < -0.4 is 4.74 Å². The molecule has 1 aromatic rings. The molecular weight excluding hydrogens is 222 g/mol.